The zero-order valence-electron chi connectivity index (χ0n) is 9.74. The number of amides is 4. The third-order valence-electron chi connectivity index (χ3n) is 2.00. The van der Waals surface area contributed by atoms with Crippen molar-refractivity contribution in [2.75, 3.05) is 13.1 Å². The second kappa shape index (κ2) is 5.48. The molecular formula is C8H13N2NaO3. The predicted octanol–water partition coefficient (Wildman–Crippen LogP) is -2.68. The number of barbiturate groups is 1. The molecule has 1 heterocycles. The molecule has 0 atom stereocenters. The summed E-state index contributed by atoms with van der Waals surface area (Å²) in [5.74, 6) is -0.801. The van der Waals surface area contributed by atoms with Crippen LogP contribution >= 0.6 is 0 Å². The van der Waals surface area contributed by atoms with Crippen molar-refractivity contribution in [1.82, 2.24) is 9.80 Å². The van der Waals surface area contributed by atoms with E-state index in [1.54, 1.807) is 13.8 Å². The number of hydrogen-bond donors (Lipinski definition) is 0. The summed E-state index contributed by atoms with van der Waals surface area (Å²) in [5, 5.41) is 0. The predicted molar refractivity (Wildman–Crippen MR) is 45.9 cm³/mol. The van der Waals surface area contributed by atoms with Crippen LogP contribution in [-0.2, 0) is 9.59 Å². The van der Waals surface area contributed by atoms with E-state index in [1.807, 2.05) is 0 Å². The van der Waals surface area contributed by atoms with E-state index < -0.39 is 17.8 Å². The number of carbonyl (C=O) groups is 3. The average Bonchev–Trinajstić information content (AvgIpc) is 2.04. The van der Waals surface area contributed by atoms with Gasteiger partial charge in [0.2, 0.25) is 11.8 Å². The Morgan fingerprint density at radius 1 is 1.07 bits per heavy atom. The number of nitrogens with zero attached hydrogens (tertiary/aromatic N) is 2. The molecule has 0 aliphatic carbocycles. The van der Waals surface area contributed by atoms with Crippen LogP contribution in [0.1, 0.15) is 21.7 Å². The number of rotatable bonds is 2. The summed E-state index contributed by atoms with van der Waals surface area (Å²) < 4.78 is 0. The molecule has 1 fully saturated rings. The van der Waals surface area contributed by atoms with Gasteiger partial charge in [-0.15, -0.1) is 0 Å². The van der Waals surface area contributed by atoms with Crippen molar-refractivity contribution in [2.24, 2.45) is 0 Å². The van der Waals surface area contributed by atoms with Gasteiger partial charge in [0, 0.05) is 13.1 Å². The SMILES string of the molecule is CCN1C(=O)CC(=O)N(CC)C1=O.[H-].[Na+]. The van der Waals surface area contributed by atoms with Crippen LogP contribution in [-0.4, -0.2) is 40.7 Å². The Kier molecular flexibility index (Phi) is 5.33. The molecule has 1 rings (SSSR count). The van der Waals surface area contributed by atoms with E-state index in [9.17, 15) is 14.4 Å². The number of imide groups is 2. The van der Waals surface area contributed by atoms with Gasteiger partial charge in [-0.2, -0.15) is 0 Å². The van der Waals surface area contributed by atoms with Crippen LogP contribution in [0.25, 0.3) is 0 Å². The van der Waals surface area contributed by atoms with Crippen LogP contribution < -0.4 is 29.6 Å². The van der Waals surface area contributed by atoms with E-state index in [2.05, 4.69) is 0 Å². The molecule has 0 spiro atoms. The largest absolute Gasteiger partial charge is 1.00 e. The van der Waals surface area contributed by atoms with Gasteiger partial charge < -0.3 is 1.43 Å². The molecule has 14 heavy (non-hydrogen) atoms. The number of carbonyl (C=O) groups excluding carboxylic acids is 3. The van der Waals surface area contributed by atoms with Crippen LogP contribution in [0.3, 0.4) is 0 Å². The molecule has 0 N–H and O–H groups in total. The molecule has 0 aromatic heterocycles. The van der Waals surface area contributed by atoms with Crippen LogP contribution in [0.15, 0.2) is 0 Å². The fourth-order valence-electron chi connectivity index (χ4n) is 1.30. The Morgan fingerprint density at radius 2 is 1.43 bits per heavy atom. The van der Waals surface area contributed by atoms with Gasteiger partial charge in [0.15, 0.2) is 0 Å². The smallest absolute Gasteiger partial charge is 1.00 e. The minimum atomic E-state index is -0.494. The van der Waals surface area contributed by atoms with Gasteiger partial charge in [0.1, 0.15) is 6.42 Å². The standard InChI is InChI=1S/C8H12N2O3.Na.H/c1-3-9-6(11)5-7(12)10(4-2)8(9)13;;/h3-5H2,1-2H3;;/q;+1;-1. The summed E-state index contributed by atoms with van der Waals surface area (Å²) in [6.07, 6.45) is -0.187. The first-order valence-electron chi connectivity index (χ1n) is 4.26. The van der Waals surface area contributed by atoms with Gasteiger partial charge in [-0.1, -0.05) is 0 Å². The summed E-state index contributed by atoms with van der Waals surface area (Å²) >= 11 is 0. The Hall–Kier alpha value is -0.390. The summed E-state index contributed by atoms with van der Waals surface area (Å²) in [6.45, 7) is 4.06. The summed E-state index contributed by atoms with van der Waals surface area (Å²) in [5.41, 5.74) is 0. The van der Waals surface area contributed by atoms with E-state index in [0.717, 1.165) is 9.80 Å². The quantitative estimate of drug-likeness (QED) is 0.367. The van der Waals surface area contributed by atoms with Gasteiger partial charge in [0.25, 0.3) is 0 Å². The van der Waals surface area contributed by atoms with Gasteiger partial charge in [0.05, 0.1) is 0 Å². The summed E-state index contributed by atoms with van der Waals surface area (Å²) in [6, 6.07) is -0.494. The van der Waals surface area contributed by atoms with Crippen LogP contribution in [0.4, 0.5) is 4.79 Å². The summed E-state index contributed by atoms with van der Waals surface area (Å²) in [4.78, 5) is 35.9. The normalized spacial score (nSPS) is 17.1. The maximum Gasteiger partial charge on any atom is 1.00 e. The molecule has 0 radical (unpaired) electrons. The molecular weight excluding hydrogens is 195 g/mol. The van der Waals surface area contributed by atoms with E-state index in [4.69, 9.17) is 0 Å². The van der Waals surface area contributed by atoms with Gasteiger partial charge in [-0.05, 0) is 13.8 Å². The Labute approximate surface area is 106 Å². The molecule has 0 saturated carbocycles. The molecule has 74 valence electrons. The van der Waals surface area contributed by atoms with Crippen molar-refractivity contribution in [2.45, 2.75) is 20.3 Å². The second-order valence-corrected chi connectivity index (χ2v) is 2.74. The minimum Gasteiger partial charge on any atom is -1.00 e. The third-order valence-corrected chi connectivity index (χ3v) is 2.00. The first-order valence-corrected chi connectivity index (χ1v) is 4.26. The van der Waals surface area contributed by atoms with Crippen molar-refractivity contribution in [3.05, 3.63) is 0 Å². The molecule has 1 aliphatic heterocycles. The Morgan fingerprint density at radius 3 is 1.71 bits per heavy atom. The van der Waals surface area contributed by atoms with Crippen molar-refractivity contribution in [3.8, 4) is 0 Å². The van der Waals surface area contributed by atoms with E-state index >= 15 is 0 Å². The molecule has 0 aromatic carbocycles. The molecule has 1 aliphatic rings. The van der Waals surface area contributed by atoms with E-state index in [1.165, 1.54) is 0 Å². The van der Waals surface area contributed by atoms with Crippen LogP contribution in [0.2, 0.25) is 0 Å². The Balaban J connectivity index is 0. The zero-order chi connectivity index (χ0) is 10.0. The maximum atomic E-state index is 11.4. The van der Waals surface area contributed by atoms with Crippen molar-refractivity contribution < 1.29 is 45.4 Å². The molecule has 6 heteroatoms. The molecule has 1 saturated heterocycles. The molecule has 5 nitrogen and oxygen atoms in total. The minimum absolute atomic E-state index is 0. The Bertz CT molecular complexity index is 249. The van der Waals surface area contributed by atoms with Gasteiger partial charge in [-0.25, -0.2) is 4.79 Å². The number of urea groups is 1. The fraction of sp³-hybridized carbons (Fsp3) is 0.625. The number of hydrogen-bond acceptors (Lipinski definition) is 3. The molecule has 0 unspecified atom stereocenters. The first-order chi connectivity index (χ1) is 6.11. The molecule has 0 bridgehead atoms. The van der Waals surface area contributed by atoms with E-state index in [-0.39, 0.29) is 37.4 Å². The van der Waals surface area contributed by atoms with Gasteiger partial charge >= 0.3 is 35.6 Å². The fourth-order valence-corrected chi connectivity index (χ4v) is 1.30. The summed E-state index contributed by atoms with van der Waals surface area (Å²) in [7, 11) is 0. The third kappa shape index (κ3) is 2.34. The topological polar surface area (TPSA) is 57.7 Å². The molecule has 4 amide bonds. The maximum absolute atomic E-state index is 11.4. The first kappa shape index (κ1) is 13.6. The van der Waals surface area contributed by atoms with Crippen molar-refractivity contribution >= 4 is 17.8 Å². The van der Waals surface area contributed by atoms with Crippen molar-refractivity contribution in [1.29, 1.82) is 0 Å². The van der Waals surface area contributed by atoms with Gasteiger partial charge in [-0.3, -0.25) is 19.4 Å². The van der Waals surface area contributed by atoms with Crippen molar-refractivity contribution in [3.63, 3.8) is 0 Å². The second-order valence-electron chi connectivity index (χ2n) is 2.74. The average molecular weight is 208 g/mol. The monoisotopic (exact) mass is 208 g/mol. The van der Waals surface area contributed by atoms with Crippen LogP contribution in [0, 0.1) is 0 Å². The zero-order valence-corrected chi connectivity index (χ0v) is 10.7. The van der Waals surface area contributed by atoms with Crippen LogP contribution in [0.5, 0.6) is 0 Å². The molecule has 0 aromatic rings. The van der Waals surface area contributed by atoms with E-state index in [0.29, 0.717) is 13.1 Å².